The highest BCUT2D eigenvalue weighted by Gasteiger charge is 2.13. The summed E-state index contributed by atoms with van der Waals surface area (Å²) < 4.78 is 16.4. The van der Waals surface area contributed by atoms with Gasteiger partial charge < -0.3 is 24.8 Å². The minimum Gasteiger partial charge on any atom is -0.493 e. The molecular weight excluding hydrogens is 409 g/mol. The maximum Gasteiger partial charge on any atom is 0.191 e. The SMILES string of the molecule is COc1ccccc1OCC(C)CN=C(N)N1CCOCC1.I. The monoisotopic (exact) mass is 435 g/mol. The van der Waals surface area contributed by atoms with Gasteiger partial charge >= 0.3 is 0 Å². The lowest BCUT2D eigenvalue weighted by molar-refractivity contribution is 0.0673. The molecule has 1 aliphatic heterocycles. The molecule has 0 radical (unpaired) electrons. The summed E-state index contributed by atoms with van der Waals surface area (Å²) >= 11 is 0. The minimum absolute atomic E-state index is 0. The average molecular weight is 435 g/mol. The van der Waals surface area contributed by atoms with E-state index in [0.717, 1.165) is 24.6 Å². The molecule has 0 amide bonds. The van der Waals surface area contributed by atoms with Crippen LogP contribution in [0, 0.1) is 5.92 Å². The number of morpholine rings is 1. The van der Waals surface area contributed by atoms with Crippen LogP contribution >= 0.6 is 24.0 Å². The molecule has 1 atom stereocenters. The number of hydrogen-bond donors (Lipinski definition) is 1. The summed E-state index contributed by atoms with van der Waals surface area (Å²) in [4.78, 5) is 6.51. The zero-order valence-electron chi connectivity index (χ0n) is 13.7. The largest absolute Gasteiger partial charge is 0.493 e. The second-order valence-corrected chi connectivity index (χ2v) is 5.37. The van der Waals surface area contributed by atoms with Crippen LogP contribution in [0.3, 0.4) is 0 Å². The zero-order valence-corrected chi connectivity index (χ0v) is 16.1. The van der Waals surface area contributed by atoms with Gasteiger partial charge in [0.25, 0.3) is 0 Å². The van der Waals surface area contributed by atoms with E-state index in [9.17, 15) is 0 Å². The molecule has 0 bridgehead atoms. The molecule has 1 heterocycles. The van der Waals surface area contributed by atoms with Crippen molar-refractivity contribution in [3.05, 3.63) is 24.3 Å². The van der Waals surface area contributed by atoms with Crippen LogP contribution in [0.25, 0.3) is 0 Å². The second kappa shape index (κ2) is 10.5. The van der Waals surface area contributed by atoms with E-state index < -0.39 is 0 Å². The third kappa shape index (κ3) is 6.42. The van der Waals surface area contributed by atoms with Gasteiger partial charge in [-0.3, -0.25) is 4.99 Å². The highest BCUT2D eigenvalue weighted by molar-refractivity contribution is 14.0. The molecule has 1 fully saturated rings. The number of guanidine groups is 1. The molecule has 130 valence electrons. The van der Waals surface area contributed by atoms with Crippen LogP contribution in [0.2, 0.25) is 0 Å². The van der Waals surface area contributed by atoms with Crippen molar-refractivity contribution in [2.24, 2.45) is 16.6 Å². The molecule has 1 aliphatic rings. The van der Waals surface area contributed by atoms with Crippen LogP contribution in [0.4, 0.5) is 0 Å². The van der Waals surface area contributed by atoms with Crippen molar-refractivity contribution in [2.45, 2.75) is 6.92 Å². The normalized spacial score (nSPS) is 16.4. The molecule has 0 saturated carbocycles. The summed E-state index contributed by atoms with van der Waals surface area (Å²) in [6.07, 6.45) is 0. The Morgan fingerprint density at radius 1 is 1.30 bits per heavy atom. The second-order valence-electron chi connectivity index (χ2n) is 5.37. The van der Waals surface area contributed by atoms with Gasteiger partial charge in [0.2, 0.25) is 0 Å². The van der Waals surface area contributed by atoms with Crippen molar-refractivity contribution >= 4 is 29.9 Å². The number of rotatable bonds is 6. The van der Waals surface area contributed by atoms with Gasteiger partial charge in [-0.15, -0.1) is 24.0 Å². The molecule has 1 unspecified atom stereocenters. The van der Waals surface area contributed by atoms with E-state index in [1.54, 1.807) is 7.11 Å². The third-order valence-corrected chi connectivity index (χ3v) is 3.49. The van der Waals surface area contributed by atoms with Crippen LogP contribution < -0.4 is 15.2 Å². The van der Waals surface area contributed by atoms with E-state index in [1.165, 1.54) is 0 Å². The van der Waals surface area contributed by atoms with E-state index in [0.29, 0.717) is 32.3 Å². The summed E-state index contributed by atoms with van der Waals surface area (Å²) in [6.45, 7) is 6.33. The number of nitrogens with two attached hydrogens (primary N) is 1. The zero-order chi connectivity index (χ0) is 15.8. The molecule has 0 aliphatic carbocycles. The van der Waals surface area contributed by atoms with Crippen molar-refractivity contribution in [1.29, 1.82) is 0 Å². The topological polar surface area (TPSA) is 69.3 Å². The molecule has 1 aromatic carbocycles. The Kier molecular flexibility index (Phi) is 9.08. The first kappa shape index (κ1) is 19.8. The van der Waals surface area contributed by atoms with Crippen LogP contribution in [0.1, 0.15) is 6.92 Å². The van der Waals surface area contributed by atoms with Crippen molar-refractivity contribution in [3.8, 4) is 11.5 Å². The summed E-state index contributed by atoms with van der Waals surface area (Å²) in [7, 11) is 1.64. The van der Waals surface area contributed by atoms with E-state index >= 15 is 0 Å². The highest BCUT2D eigenvalue weighted by atomic mass is 127. The molecule has 23 heavy (non-hydrogen) atoms. The van der Waals surface area contributed by atoms with Crippen molar-refractivity contribution < 1.29 is 14.2 Å². The van der Waals surface area contributed by atoms with Gasteiger partial charge in [0.15, 0.2) is 17.5 Å². The fourth-order valence-electron chi connectivity index (χ4n) is 2.16. The standard InChI is InChI=1S/C16H25N3O3.HI/c1-13(11-18-16(17)19-7-9-21-10-8-19)12-22-15-6-4-3-5-14(15)20-2;/h3-6,13H,7-12H2,1-2H3,(H2,17,18);1H. The fraction of sp³-hybridized carbons (Fsp3) is 0.562. The van der Waals surface area contributed by atoms with Crippen LogP contribution in [0.5, 0.6) is 11.5 Å². The molecule has 2 N–H and O–H groups in total. The quantitative estimate of drug-likeness (QED) is 0.421. The van der Waals surface area contributed by atoms with Crippen molar-refractivity contribution in [2.75, 3.05) is 46.6 Å². The molecule has 7 heteroatoms. The Balaban J connectivity index is 0.00000264. The predicted octanol–water partition coefficient (Wildman–Crippen LogP) is 1.98. The Morgan fingerprint density at radius 3 is 2.61 bits per heavy atom. The molecule has 1 saturated heterocycles. The van der Waals surface area contributed by atoms with Gasteiger partial charge in [0, 0.05) is 25.6 Å². The Labute approximate surface area is 155 Å². The Bertz CT molecular complexity index is 493. The number of para-hydroxylation sites is 2. The predicted molar refractivity (Wildman–Crippen MR) is 102 cm³/mol. The van der Waals surface area contributed by atoms with Gasteiger partial charge in [0.1, 0.15) is 0 Å². The van der Waals surface area contributed by atoms with E-state index in [1.807, 2.05) is 24.3 Å². The summed E-state index contributed by atoms with van der Waals surface area (Å²) in [6, 6.07) is 7.63. The van der Waals surface area contributed by atoms with Gasteiger partial charge in [-0.25, -0.2) is 0 Å². The van der Waals surface area contributed by atoms with Crippen LogP contribution in [-0.2, 0) is 4.74 Å². The van der Waals surface area contributed by atoms with Gasteiger partial charge in [-0.05, 0) is 12.1 Å². The third-order valence-electron chi connectivity index (χ3n) is 3.49. The summed E-state index contributed by atoms with van der Waals surface area (Å²) in [5, 5.41) is 0. The van der Waals surface area contributed by atoms with Gasteiger partial charge in [0.05, 0.1) is 26.9 Å². The van der Waals surface area contributed by atoms with E-state index in [2.05, 4.69) is 16.8 Å². The number of hydrogen-bond acceptors (Lipinski definition) is 4. The van der Waals surface area contributed by atoms with Gasteiger partial charge in [-0.1, -0.05) is 19.1 Å². The first-order valence-corrected chi connectivity index (χ1v) is 7.59. The van der Waals surface area contributed by atoms with Crippen LogP contribution in [0.15, 0.2) is 29.3 Å². The van der Waals surface area contributed by atoms with Gasteiger partial charge in [-0.2, -0.15) is 0 Å². The lowest BCUT2D eigenvalue weighted by Gasteiger charge is -2.27. The fourth-order valence-corrected chi connectivity index (χ4v) is 2.16. The first-order valence-electron chi connectivity index (χ1n) is 7.59. The number of aliphatic imine (C=N–C) groups is 1. The molecule has 0 spiro atoms. The molecule has 2 rings (SSSR count). The number of ether oxygens (including phenoxy) is 3. The lowest BCUT2D eigenvalue weighted by Crippen LogP contribution is -2.45. The Hall–Kier alpha value is -1.22. The summed E-state index contributed by atoms with van der Waals surface area (Å²) in [5.74, 6) is 2.35. The molecule has 1 aromatic rings. The smallest absolute Gasteiger partial charge is 0.191 e. The summed E-state index contributed by atoms with van der Waals surface area (Å²) in [5.41, 5.74) is 6.01. The highest BCUT2D eigenvalue weighted by Crippen LogP contribution is 2.26. The van der Waals surface area contributed by atoms with Crippen molar-refractivity contribution in [1.82, 2.24) is 4.90 Å². The maximum atomic E-state index is 6.01. The van der Waals surface area contributed by atoms with E-state index in [-0.39, 0.29) is 29.9 Å². The number of benzene rings is 1. The average Bonchev–Trinajstić information content (AvgIpc) is 2.58. The molecule has 0 aromatic heterocycles. The molecular formula is C16H26IN3O3. The Morgan fingerprint density at radius 2 is 1.96 bits per heavy atom. The number of nitrogens with zero attached hydrogens (tertiary/aromatic N) is 2. The lowest BCUT2D eigenvalue weighted by atomic mass is 10.2. The number of methoxy groups -OCH3 is 1. The molecule has 6 nitrogen and oxygen atoms in total. The van der Waals surface area contributed by atoms with E-state index in [4.69, 9.17) is 19.9 Å². The number of halogens is 1. The van der Waals surface area contributed by atoms with Crippen molar-refractivity contribution in [3.63, 3.8) is 0 Å². The first-order chi connectivity index (χ1) is 10.7. The van der Waals surface area contributed by atoms with Crippen LogP contribution in [-0.4, -0.2) is 57.4 Å². The maximum absolute atomic E-state index is 6.01. The minimum atomic E-state index is 0.